The number of nitriles is 1. The lowest BCUT2D eigenvalue weighted by Crippen LogP contribution is -2.29. The van der Waals surface area contributed by atoms with E-state index in [-0.39, 0.29) is 5.41 Å². The van der Waals surface area contributed by atoms with E-state index in [0.717, 1.165) is 25.2 Å². The average Bonchev–Trinajstić information content (AvgIpc) is 2.05. The molecule has 1 heteroatoms. The highest BCUT2D eigenvalue weighted by molar-refractivity contribution is 5.05. The molecule has 1 nitrogen and oxygen atoms in total. The van der Waals surface area contributed by atoms with Crippen LogP contribution in [-0.4, -0.2) is 0 Å². The quantitative estimate of drug-likeness (QED) is 0.625. The summed E-state index contributed by atoms with van der Waals surface area (Å²) in [4.78, 5) is 0. The van der Waals surface area contributed by atoms with Gasteiger partial charge < -0.3 is 0 Å². The molecule has 0 N–H and O–H groups in total. The zero-order valence-electron chi connectivity index (χ0n) is 8.27. The molecule has 0 radical (unpaired) electrons. The van der Waals surface area contributed by atoms with E-state index in [4.69, 9.17) is 5.26 Å². The Morgan fingerprint density at radius 1 is 1.33 bits per heavy atom. The third-order valence-electron chi connectivity index (χ3n) is 3.38. The van der Waals surface area contributed by atoms with Crippen molar-refractivity contribution in [1.82, 2.24) is 0 Å². The maximum atomic E-state index is 9.03. The first-order valence-corrected chi connectivity index (χ1v) is 5.17. The fourth-order valence-electron chi connectivity index (χ4n) is 2.10. The topological polar surface area (TPSA) is 23.8 Å². The molecule has 0 amide bonds. The van der Waals surface area contributed by atoms with E-state index in [1.165, 1.54) is 19.3 Å². The molecule has 0 unspecified atom stereocenters. The summed E-state index contributed by atoms with van der Waals surface area (Å²) >= 11 is 0. The van der Waals surface area contributed by atoms with Gasteiger partial charge in [0.05, 0.1) is 11.5 Å². The summed E-state index contributed by atoms with van der Waals surface area (Å²) in [7, 11) is 0. The molecule has 12 heavy (non-hydrogen) atoms. The minimum absolute atomic E-state index is 0.0939. The summed E-state index contributed by atoms with van der Waals surface area (Å²) in [5, 5.41) is 9.03. The molecule has 0 saturated heterocycles. The summed E-state index contributed by atoms with van der Waals surface area (Å²) < 4.78 is 0. The first-order valence-electron chi connectivity index (χ1n) is 5.17. The third-order valence-corrected chi connectivity index (χ3v) is 3.38. The van der Waals surface area contributed by atoms with E-state index < -0.39 is 0 Å². The van der Waals surface area contributed by atoms with Gasteiger partial charge in [-0.15, -0.1) is 0 Å². The molecule has 0 spiro atoms. The van der Waals surface area contributed by atoms with E-state index in [2.05, 4.69) is 19.9 Å². The van der Waals surface area contributed by atoms with Crippen LogP contribution in [0.1, 0.15) is 52.4 Å². The molecule has 0 aromatic rings. The van der Waals surface area contributed by atoms with Crippen molar-refractivity contribution in [2.24, 2.45) is 11.3 Å². The smallest absolute Gasteiger partial charge is 0.0689 e. The highest BCUT2D eigenvalue weighted by Crippen LogP contribution is 2.46. The maximum Gasteiger partial charge on any atom is 0.0689 e. The van der Waals surface area contributed by atoms with Crippen molar-refractivity contribution in [2.75, 3.05) is 0 Å². The standard InChI is InChI=1S/C11H19N/c1-3-10(4-2)8-11(9-12)6-5-7-11/h10H,3-8H2,1-2H3. The molecular weight excluding hydrogens is 146 g/mol. The van der Waals surface area contributed by atoms with Crippen molar-refractivity contribution in [3.8, 4) is 6.07 Å². The molecule has 1 aliphatic rings. The summed E-state index contributed by atoms with van der Waals surface area (Å²) in [6.07, 6.45) is 7.20. The van der Waals surface area contributed by atoms with Crippen LogP contribution in [0.25, 0.3) is 0 Å². The van der Waals surface area contributed by atoms with Gasteiger partial charge in [-0.3, -0.25) is 0 Å². The first kappa shape index (κ1) is 9.58. The zero-order valence-corrected chi connectivity index (χ0v) is 8.27. The molecule has 0 heterocycles. The van der Waals surface area contributed by atoms with Crippen molar-refractivity contribution in [2.45, 2.75) is 52.4 Å². The van der Waals surface area contributed by atoms with Gasteiger partial charge in [0.15, 0.2) is 0 Å². The second-order valence-electron chi connectivity index (χ2n) is 4.13. The Hall–Kier alpha value is -0.510. The lowest BCUT2D eigenvalue weighted by molar-refractivity contribution is 0.159. The van der Waals surface area contributed by atoms with Crippen LogP contribution in [0.3, 0.4) is 0 Å². The van der Waals surface area contributed by atoms with Gasteiger partial charge in [-0.05, 0) is 25.2 Å². The first-order chi connectivity index (χ1) is 5.76. The third kappa shape index (κ3) is 1.80. The highest BCUT2D eigenvalue weighted by Gasteiger charge is 2.38. The molecule has 0 aromatic carbocycles. The van der Waals surface area contributed by atoms with Crippen LogP contribution in [-0.2, 0) is 0 Å². The van der Waals surface area contributed by atoms with E-state index >= 15 is 0 Å². The summed E-state index contributed by atoms with van der Waals surface area (Å²) in [6, 6.07) is 2.51. The van der Waals surface area contributed by atoms with Crippen molar-refractivity contribution < 1.29 is 0 Å². The van der Waals surface area contributed by atoms with Crippen LogP contribution in [0.5, 0.6) is 0 Å². The summed E-state index contributed by atoms with van der Waals surface area (Å²) in [5.41, 5.74) is 0.0939. The minimum Gasteiger partial charge on any atom is -0.198 e. The largest absolute Gasteiger partial charge is 0.198 e. The number of nitrogens with zero attached hydrogens (tertiary/aromatic N) is 1. The van der Waals surface area contributed by atoms with Gasteiger partial charge in [-0.2, -0.15) is 5.26 Å². The van der Waals surface area contributed by atoms with Gasteiger partial charge in [0, 0.05) is 0 Å². The molecule has 68 valence electrons. The molecule has 1 fully saturated rings. The van der Waals surface area contributed by atoms with E-state index in [9.17, 15) is 0 Å². The zero-order chi connectivity index (χ0) is 9.03. The van der Waals surface area contributed by atoms with Gasteiger partial charge in [-0.25, -0.2) is 0 Å². The van der Waals surface area contributed by atoms with E-state index in [0.29, 0.717) is 0 Å². The molecule has 1 saturated carbocycles. The average molecular weight is 165 g/mol. The van der Waals surface area contributed by atoms with Gasteiger partial charge in [0.2, 0.25) is 0 Å². The Balaban J connectivity index is 2.42. The molecule has 0 atom stereocenters. The number of rotatable bonds is 4. The van der Waals surface area contributed by atoms with Crippen LogP contribution in [0.4, 0.5) is 0 Å². The summed E-state index contributed by atoms with van der Waals surface area (Å²) in [6.45, 7) is 4.47. The molecule has 0 bridgehead atoms. The SMILES string of the molecule is CCC(CC)CC1(C#N)CCC1. The molecule has 1 aliphatic carbocycles. The Labute approximate surface area is 75.8 Å². The Morgan fingerprint density at radius 2 is 1.92 bits per heavy atom. The highest BCUT2D eigenvalue weighted by atomic mass is 14.4. The molecular formula is C11H19N. The van der Waals surface area contributed by atoms with E-state index in [1.54, 1.807) is 0 Å². The fraction of sp³-hybridized carbons (Fsp3) is 0.909. The molecule has 0 aliphatic heterocycles. The molecule has 1 rings (SSSR count). The van der Waals surface area contributed by atoms with Crippen molar-refractivity contribution >= 4 is 0 Å². The number of hydrogen-bond acceptors (Lipinski definition) is 1. The second-order valence-corrected chi connectivity index (χ2v) is 4.13. The monoisotopic (exact) mass is 165 g/mol. The van der Waals surface area contributed by atoms with Crippen molar-refractivity contribution in [3.63, 3.8) is 0 Å². The predicted octanol–water partition coefficient (Wildman–Crippen LogP) is 3.51. The van der Waals surface area contributed by atoms with Crippen LogP contribution in [0, 0.1) is 22.7 Å². The summed E-state index contributed by atoms with van der Waals surface area (Å²) in [5.74, 6) is 0.782. The fourth-order valence-corrected chi connectivity index (χ4v) is 2.10. The predicted molar refractivity (Wildman–Crippen MR) is 50.6 cm³/mol. The Morgan fingerprint density at radius 3 is 2.17 bits per heavy atom. The van der Waals surface area contributed by atoms with Crippen molar-refractivity contribution in [1.29, 1.82) is 5.26 Å². The van der Waals surface area contributed by atoms with Gasteiger partial charge in [-0.1, -0.05) is 33.1 Å². The Bertz CT molecular complexity index is 170. The lowest BCUT2D eigenvalue weighted by Gasteiger charge is -2.37. The van der Waals surface area contributed by atoms with Crippen LogP contribution >= 0.6 is 0 Å². The van der Waals surface area contributed by atoms with Crippen LogP contribution in [0.15, 0.2) is 0 Å². The van der Waals surface area contributed by atoms with Gasteiger partial charge in [0.25, 0.3) is 0 Å². The normalized spacial score (nSPS) is 20.2. The minimum atomic E-state index is 0.0939. The molecule has 0 aromatic heterocycles. The van der Waals surface area contributed by atoms with Gasteiger partial charge in [0.1, 0.15) is 0 Å². The van der Waals surface area contributed by atoms with Gasteiger partial charge >= 0.3 is 0 Å². The van der Waals surface area contributed by atoms with E-state index in [1.807, 2.05) is 0 Å². The second kappa shape index (κ2) is 3.94. The van der Waals surface area contributed by atoms with Crippen LogP contribution < -0.4 is 0 Å². The van der Waals surface area contributed by atoms with Crippen molar-refractivity contribution in [3.05, 3.63) is 0 Å². The maximum absolute atomic E-state index is 9.03. The Kier molecular flexibility index (Phi) is 3.14. The van der Waals surface area contributed by atoms with Crippen LogP contribution in [0.2, 0.25) is 0 Å². The lowest BCUT2D eigenvalue weighted by atomic mass is 9.65. The number of hydrogen-bond donors (Lipinski definition) is 0.